The minimum Gasteiger partial charge on any atom is -0.380 e. The fraction of sp³-hybridized carbons (Fsp3) is 1.00. The summed E-state index contributed by atoms with van der Waals surface area (Å²) in [6.07, 6.45) is 5.44. The second kappa shape index (κ2) is 4.28. The van der Waals surface area contributed by atoms with Gasteiger partial charge in [0, 0.05) is 37.8 Å². The average molecular weight is 224 g/mol. The van der Waals surface area contributed by atoms with Gasteiger partial charge in [-0.05, 0) is 38.5 Å². The number of nitrogens with one attached hydrogen (secondary N) is 1. The van der Waals surface area contributed by atoms with Gasteiger partial charge in [-0.1, -0.05) is 0 Å². The molecule has 3 heteroatoms. The molecule has 0 aromatic rings. The number of rotatable bonds is 2. The van der Waals surface area contributed by atoms with Crippen LogP contribution in [0.1, 0.15) is 32.6 Å². The summed E-state index contributed by atoms with van der Waals surface area (Å²) >= 11 is 0. The van der Waals surface area contributed by atoms with Crippen LogP contribution in [0.15, 0.2) is 0 Å². The van der Waals surface area contributed by atoms with Crippen molar-refractivity contribution in [3.8, 4) is 0 Å². The van der Waals surface area contributed by atoms with Crippen molar-refractivity contribution >= 4 is 0 Å². The third kappa shape index (κ3) is 2.13. The van der Waals surface area contributed by atoms with Crippen molar-refractivity contribution in [2.24, 2.45) is 5.92 Å². The minimum absolute atomic E-state index is 0.385. The third-order valence-corrected chi connectivity index (χ3v) is 4.59. The van der Waals surface area contributed by atoms with Gasteiger partial charge >= 0.3 is 0 Å². The lowest BCUT2D eigenvalue weighted by molar-refractivity contribution is -0.00625. The highest BCUT2D eigenvalue weighted by Gasteiger charge is 2.44. The lowest BCUT2D eigenvalue weighted by Gasteiger charge is -2.46. The Hall–Kier alpha value is -0.120. The quantitative estimate of drug-likeness (QED) is 0.764. The first-order valence-electron chi connectivity index (χ1n) is 6.85. The van der Waals surface area contributed by atoms with Gasteiger partial charge in [-0.25, -0.2) is 0 Å². The Kier molecular flexibility index (Phi) is 2.94. The first kappa shape index (κ1) is 11.0. The lowest BCUT2D eigenvalue weighted by Crippen LogP contribution is -2.62. The van der Waals surface area contributed by atoms with Crippen LogP contribution < -0.4 is 5.32 Å². The molecule has 2 aliphatic heterocycles. The summed E-state index contributed by atoms with van der Waals surface area (Å²) in [7, 11) is 0. The maximum absolute atomic E-state index is 5.62. The SMILES string of the molecule is CC1(C2CC2)CN(C2CCCOC2)CCN1. The van der Waals surface area contributed by atoms with Gasteiger partial charge in [0.1, 0.15) is 0 Å². The van der Waals surface area contributed by atoms with E-state index >= 15 is 0 Å². The Labute approximate surface area is 98.5 Å². The summed E-state index contributed by atoms with van der Waals surface area (Å²) in [6, 6.07) is 0.689. The number of ether oxygens (including phenoxy) is 1. The summed E-state index contributed by atoms with van der Waals surface area (Å²) in [5.41, 5.74) is 0.385. The Balaban J connectivity index is 1.62. The normalized spacial score (nSPS) is 42.2. The number of nitrogens with zero attached hydrogens (tertiary/aromatic N) is 1. The van der Waals surface area contributed by atoms with E-state index in [1.54, 1.807) is 0 Å². The Bertz CT molecular complexity index is 248. The van der Waals surface area contributed by atoms with Gasteiger partial charge in [-0.15, -0.1) is 0 Å². The van der Waals surface area contributed by atoms with E-state index in [0.29, 0.717) is 11.6 Å². The van der Waals surface area contributed by atoms with Crippen LogP contribution in [-0.2, 0) is 4.74 Å². The largest absolute Gasteiger partial charge is 0.380 e. The molecule has 2 saturated heterocycles. The highest BCUT2D eigenvalue weighted by molar-refractivity contribution is 5.03. The van der Waals surface area contributed by atoms with Crippen molar-refractivity contribution in [3.05, 3.63) is 0 Å². The van der Waals surface area contributed by atoms with Crippen molar-refractivity contribution in [2.75, 3.05) is 32.8 Å². The maximum Gasteiger partial charge on any atom is 0.0621 e. The van der Waals surface area contributed by atoms with E-state index in [-0.39, 0.29) is 0 Å². The molecule has 1 saturated carbocycles. The molecule has 3 fully saturated rings. The summed E-state index contributed by atoms with van der Waals surface area (Å²) in [4.78, 5) is 2.67. The zero-order valence-electron chi connectivity index (χ0n) is 10.4. The van der Waals surface area contributed by atoms with Crippen molar-refractivity contribution in [1.29, 1.82) is 0 Å². The van der Waals surface area contributed by atoms with Crippen LogP contribution in [0.2, 0.25) is 0 Å². The fourth-order valence-electron chi connectivity index (χ4n) is 3.36. The van der Waals surface area contributed by atoms with E-state index < -0.39 is 0 Å². The Morgan fingerprint density at radius 1 is 1.31 bits per heavy atom. The number of piperazine rings is 1. The first-order valence-corrected chi connectivity index (χ1v) is 6.85. The molecule has 0 spiro atoms. The van der Waals surface area contributed by atoms with Gasteiger partial charge in [0.25, 0.3) is 0 Å². The smallest absolute Gasteiger partial charge is 0.0621 e. The van der Waals surface area contributed by atoms with Crippen molar-refractivity contribution < 1.29 is 4.74 Å². The molecule has 16 heavy (non-hydrogen) atoms. The summed E-state index contributed by atoms with van der Waals surface area (Å²) in [5, 5.41) is 3.74. The van der Waals surface area contributed by atoms with E-state index in [1.807, 2.05) is 0 Å². The van der Waals surface area contributed by atoms with Gasteiger partial charge in [0.2, 0.25) is 0 Å². The summed E-state index contributed by atoms with van der Waals surface area (Å²) in [6.45, 7) is 7.94. The van der Waals surface area contributed by atoms with Gasteiger partial charge in [-0.3, -0.25) is 4.90 Å². The molecule has 0 amide bonds. The summed E-state index contributed by atoms with van der Waals surface area (Å²) < 4.78 is 5.62. The predicted octanol–water partition coefficient (Wildman–Crippen LogP) is 1.24. The molecule has 0 bridgehead atoms. The van der Waals surface area contributed by atoms with E-state index in [0.717, 1.165) is 25.7 Å². The Morgan fingerprint density at radius 2 is 2.19 bits per heavy atom. The van der Waals surface area contributed by atoms with Gasteiger partial charge < -0.3 is 10.1 Å². The van der Waals surface area contributed by atoms with Crippen molar-refractivity contribution in [1.82, 2.24) is 10.2 Å². The standard InChI is InChI=1S/C13H24N2O/c1-13(11-4-5-11)10-15(7-6-14-13)12-3-2-8-16-9-12/h11-12,14H,2-10H2,1H3. The van der Waals surface area contributed by atoms with Crippen LogP contribution in [0.5, 0.6) is 0 Å². The molecule has 2 heterocycles. The average Bonchev–Trinajstić information content (AvgIpc) is 3.14. The van der Waals surface area contributed by atoms with Gasteiger partial charge in [0.15, 0.2) is 0 Å². The highest BCUT2D eigenvalue weighted by Crippen LogP contribution is 2.41. The van der Waals surface area contributed by atoms with E-state index in [2.05, 4.69) is 17.1 Å². The summed E-state index contributed by atoms with van der Waals surface area (Å²) in [5.74, 6) is 0.930. The fourth-order valence-corrected chi connectivity index (χ4v) is 3.36. The van der Waals surface area contributed by atoms with Crippen LogP contribution in [-0.4, -0.2) is 49.3 Å². The molecule has 92 valence electrons. The maximum atomic E-state index is 5.62. The lowest BCUT2D eigenvalue weighted by atomic mass is 9.91. The van der Waals surface area contributed by atoms with Crippen LogP contribution in [0.4, 0.5) is 0 Å². The number of hydrogen-bond donors (Lipinski definition) is 1. The van der Waals surface area contributed by atoms with E-state index in [9.17, 15) is 0 Å². The molecule has 2 atom stereocenters. The zero-order chi connectivity index (χ0) is 11.0. The van der Waals surface area contributed by atoms with Gasteiger partial charge in [-0.2, -0.15) is 0 Å². The molecule has 2 unspecified atom stereocenters. The molecule has 1 aliphatic carbocycles. The second-order valence-electron chi connectivity index (χ2n) is 5.96. The molecule has 3 rings (SSSR count). The highest BCUT2D eigenvalue weighted by atomic mass is 16.5. The molecule has 1 N–H and O–H groups in total. The van der Waals surface area contributed by atoms with E-state index in [1.165, 1.54) is 38.8 Å². The molecule has 0 aromatic heterocycles. The van der Waals surface area contributed by atoms with Crippen LogP contribution in [0.3, 0.4) is 0 Å². The molecule has 3 aliphatic rings. The van der Waals surface area contributed by atoms with Crippen molar-refractivity contribution in [3.63, 3.8) is 0 Å². The van der Waals surface area contributed by atoms with Crippen molar-refractivity contribution in [2.45, 2.75) is 44.2 Å². The minimum atomic E-state index is 0.385. The zero-order valence-corrected chi connectivity index (χ0v) is 10.4. The second-order valence-corrected chi connectivity index (χ2v) is 5.96. The van der Waals surface area contributed by atoms with Crippen LogP contribution >= 0.6 is 0 Å². The number of hydrogen-bond acceptors (Lipinski definition) is 3. The third-order valence-electron chi connectivity index (χ3n) is 4.59. The first-order chi connectivity index (χ1) is 7.78. The molecule has 3 nitrogen and oxygen atoms in total. The Morgan fingerprint density at radius 3 is 2.88 bits per heavy atom. The van der Waals surface area contributed by atoms with Gasteiger partial charge in [0.05, 0.1) is 6.61 Å². The molecule has 0 radical (unpaired) electrons. The topological polar surface area (TPSA) is 24.5 Å². The monoisotopic (exact) mass is 224 g/mol. The van der Waals surface area contributed by atoms with Crippen LogP contribution in [0, 0.1) is 5.92 Å². The molecular formula is C13H24N2O. The van der Waals surface area contributed by atoms with E-state index in [4.69, 9.17) is 4.74 Å². The predicted molar refractivity (Wildman–Crippen MR) is 64.5 cm³/mol. The molecular weight excluding hydrogens is 200 g/mol. The van der Waals surface area contributed by atoms with Crippen LogP contribution in [0.25, 0.3) is 0 Å². The molecule has 0 aromatic carbocycles.